The predicted molar refractivity (Wildman–Crippen MR) is 80.1 cm³/mol. The molecule has 0 aromatic carbocycles. The van der Waals surface area contributed by atoms with Gasteiger partial charge in [-0.15, -0.1) is 0 Å². The van der Waals surface area contributed by atoms with Gasteiger partial charge in [-0.05, 0) is 25.7 Å². The highest BCUT2D eigenvalue weighted by Crippen LogP contribution is 2.28. The molecule has 1 aliphatic rings. The molecule has 1 aliphatic carbocycles. The molecule has 0 radical (unpaired) electrons. The van der Waals surface area contributed by atoms with Crippen molar-refractivity contribution in [2.75, 3.05) is 6.54 Å². The van der Waals surface area contributed by atoms with Gasteiger partial charge in [0.05, 0.1) is 0 Å². The Morgan fingerprint density at radius 2 is 1.75 bits per heavy atom. The van der Waals surface area contributed by atoms with Gasteiger partial charge in [-0.2, -0.15) is 0 Å². The maximum Gasteiger partial charge on any atom is 0.242 e. The van der Waals surface area contributed by atoms with E-state index in [2.05, 4.69) is 10.6 Å². The number of amides is 2. The van der Waals surface area contributed by atoms with Crippen molar-refractivity contribution in [1.29, 1.82) is 0 Å². The first-order chi connectivity index (χ1) is 9.32. The number of rotatable bonds is 6. The minimum atomic E-state index is -0.506. The van der Waals surface area contributed by atoms with Crippen LogP contribution in [0.1, 0.15) is 59.3 Å². The van der Waals surface area contributed by atoms with Crippen LogP contribution in [0.2, 0.25) is 0 Å². The molecule has 1 unspecified atom stereocenters. The van der Waals surface area contributed by atoms with Crippen LogP contribution in [0.3, 0.4) is 0 Å². The van der Waals surface area contributed by atoms with Crippen molar-refractivity contribution in [2.45, 2.75) is 70.9 Å². The lowest BCUT2D eigenvalue weighted by Crippen LogP contribution is -2.50. The van der Waals surface area contributed by atoms with Crippen molar-refractivity contribution in [3.63, 3.8) is 0 Å². The Bertz CT molecular complexity index is 336. The zero-order chi connectivity index (χ0) is 15.2. The third kappa shape index (κ3) is 5.90. The maximum atomic E-state index is 12.0. The highest BCUT2D eigenvalue weighted by atomic mass is 16.2. The molecule has 0 heterocycles. The van der Waals surface area contributed by atoms with Crippen LogP contribution < -0.4 is 16.4 Å². The van der Waals surface area contributed by atoms with Gasteiger partial charge >= 0.3 is 0 Å². The second-order valence-electron chi connectivity index (χ2n) is 6.53. The highest BCUT2D eigenvalue weighted by molar-refractivity contribution is 5.87. The smallest absolute Gasteiger partial charge is 0.242 e. The lowest BCUT2D eigenvalue weighted by atomic mass is 9.80. The first-order valence-electron chi connectivity index (χ1n) is 7.68. The van der Waals surface area contributed by atoms with E-state index in [1.807, 2.05) is 13.8 Å². The van der Waals surface area contributed by atoms with Gasteiger partial charge in [0, 0.05) is 18.5 Å². The normalized spacial score (nSPS) is 19.4. The van der Waals surface area contributed by atoms with E-state index in [1.165, 1.54) is 6.42 Å². The molecule has 0 aromatic heterocycles. The van der Waals surface area contributed by atoms with E-state index in [1.54, 1.807) is 6.92 Å². The van der Waals surface area contributed by atoms with Crippen molar-refractivity contribution < 1.29 is 9.59 Å². The summed E-state index contributed by atoms with van der Waals surface area (Å²) in [5.41, 5.74) is 5.87. The number of carbonyl (C=O) groups excluding carboxylic acids is 2. The van der Waals surface area contributed by atoms with Gasteiger partial charge < -0.3 is 16.4 Å². The van der Waals surface area contributed by atoms with Gasteiger partial charge in [0.2, 0.25) is 11.8 Å². The molecule has 1 fully saturated rings. The zero-order valence-corrected chi connectivity index (χ0v) is 13.0. The molecule has 0 spiro atoms. The summed E-state index contributed by atoms with van der Waals surface area (Å²) >= 11 is 0. The van der Waals surface area contributed by atoms with E-state index in [-0.39, 0.29) is 17.4 Å². The molecular formula is C15H29N3O2. The Balaban J connectivity index is 2.35. The van der Waals surface area contributed by atoms with Gasteiger partial charge in [-0.1, -0.05) is 33.1 Å². The van der Waals surface area contributed by atoms with E-state index in [0.29, 0.717) is 18.9 Å². The monoisotopic (exact) mass is 283 g/mol. The summed E-state index contributed by atoms with van der Waals surface area (Å²) in [5, 5.41) is 5.56. The standard InChI is InChI=1S/C15H29N3O2/c1-11(2)10-17-14(20)12(3)18-13(19)9-15(16)7-5-4-6-8-15/h11-12H,4-10,16H2,1-3H3,(H,17,20)(H,18,19). The maximum absolute atomic E-state index is 12.0. The van der Waals surface area contributed by atoms with Crippen LogP contribution in [0.5, 0.6) is 0 Å². The van der Waals surface area contributed by atoms with E-state index in [9.17, 15) is 9.59 Å². The SMILES string of the molecule is CC(C)CNC(=O)C(C)NC(=O)CC1(N)CCCCC1. The number of carbonyl (C=O) groups is 2. The van der Waals surface area contributed by atoms with Gasteiger partial charge in [-0.25, -0.2) is 0 Å². The summed E-state index contributed by atoms with van der Waals surface area (Å²) in [5.74, 6) is 0.139. The largest absolute Gasteiger partial charge is 0.354 e. The zero-order valence-electron chi connectivity index (χ0n) is 13.0. The molecule has 0 saturated heterocycles. The Hall–Kier alpha value is -1.10. The van der Waals surface area contributed by atoms with Crippen molar-refractivity contribution in [3.8, 4) is 0 Å². The Kier molecular flexibility index (Phi) is 6.46. The third-order valence-corrected chi connectivity index (χ3v) is 3.82. The van der Waals surface area contributed by atoms with Gasteiger partial charge in [0.1, 0.15) is 6.04 Å². The number of nitrogens with one attached hydrogen (secondary N) is 2. The molecule has 1 rings (SSSR count). The average molecular weight is 283 g/mol. The fourth-order valence-corrected chi connectivity index (χ4v) is 2.57. The van der Waals surface area contributed by atoms with Crippen LogP contribution in [-0.4, -0.2) is 29.9 Å². The van der Waals surface area contributed by atoms with Crippen LogP contribution in [0, 0.1) is 5.92 Å². The number of hydrogen-bond donors (Lipinski definition) is 3. The molecule has 0 aliphatic heterocycles. The highest BCUT2D eigenvalue weighted by Gasteiger charge is 2.30. The first-order valence-corrected chi connectivity index (χ1v) is 7.68. The van der Waals surface area contributed by atoms with E-state index >= 15 is 0 Å². The minimum Gasteiger partial charge on any atom is -0.354 e. The first kappa shape index (κ1) is 17.0. The van der Waals surface area contributed by atoms with Crippen LogP contribution >= 0.6 is 0 Å². The molecule has 116 valence electrons. The summed E-state index contributed by atoms with van der Waals surface area (Å²) in [6.07, 6.45) is 5.49. The molecule has 0 bridgehead atoms. The summed E-state index contributed by atoms with van der Waals surface area (Å²) < 4.78 is 0. The lowest BCUT2D eigenvalue weighted by Gasteiger charge is -2.33. The topological polar surface area (TPSA) is 84.2 Å². The van der Waals surface area contributed by atoms with Gasteiger partial charge in [0.25, 0.3) is 0 Å². The molecule has 5 nitrogen and oxygen atoms in total. The van der Waals surface area contributed by atoms with Crippen molar-refractivity contribution in [2.24, 2.45) is 11.7 Å². The number of hydrogen-bond acceptors (Lipinski definition) is 3. The average Bonchev–Trinajstić information content (AvgIpc) is 2.35. The van der Waals surface area contributed by atoms with Crippen LogP contribution in [0.15, 0.2) is 0 Å². The minimum absolute atomic E-state index is 0.124. The number of nitrogens with two attached hydrogens (primary N) is 1. The second kappa shape index (κ2) is 7.62. The van der Waals surface area contributed by atoms with E-state index in [4.69, 9.17) is 5.73 Å². The summed E-state index contributed by atoms with van der Waals surface area (Å²) in [6.45, 7) is 6.40. The van der Waals surface area contributed by atoms with Crippen molar-refractivity contribution in [3.05, 3.63) is 0 Å². The Morgan fingerprint density at radius 3 is 2.30 bits per heavy atom. The predicted octanol–water partition coefficient (Wildman–Crippen LogP) is 1.32. The quantitative estimate of drug-likeness (QED) is 0.687. The third-order valence-electron chi connectivity index (χ3n) is 3.82. The Labute approximate surface area is 122 Å². The van der Waals surface area contributed by atoms with Crippen molar-refractivity contribution in [1.82, 2.24) is 10.6 Å². The fourth-order valence-electron chi connectivity index (χ4n) is 2.57. The summed E-state index contributed by atoms with van der Waals surface area (Å²) in [4.78, 5) is 23.8. The van der Waals surface area contributed by atoms with Gasteiger partial charge in [-0.3, -0.25) is 9.59 Å². The van der Waals surface area contributed by atoms with Crippen molar-refractivity contribution >= 4 is 11.8 Å². The molecule has 1 saturated carbocycles. The second-order valence-corrected chi connectivity index (χ2v) is 6.53. The molecule has 5 heteroatoms. The van der Waals surface area contributed by atoms with Crippen LogP contribution in [0.25, 0.3) is 0 Å². The van der Waals surface area contributed by atoms with Crippen LogP contribution in [0.4, 0.5) is 0 Å². The Morgan fingerprint density at radius 1 is 1.15 bits per heavy atom. The molecule has 20 heavy (non-hydrogen) atoms. The molecule has 2 amide bonds. The summed E-state index contributed by atoms with van der Waals surface area (Å²) in [6, 6.07) is -0.506. The van der Waals surface area contributed by atoms with E-state index < -0.39 is 6.04 Å². The van der Waals surface area contributed by atoms with Crippen LogP contribution in [-0.2, 0) is 9.59 Å². The van der Waals surface area contributed by atoms with Gasteiger partial charge in [0.15, 0.2) is 0 Å². The fraction of sp³-hybridized carbons (Fsp3) is 0.867. The molecule has 0 aromatic rings. The molecular weight excluding hydrogens is 254 g/mol. The van der Waals surface area contributed by atoms with E-state index in [0.717, 1.165) is 25.7 Å². The lowest BCUT2D eigenvalue weighted by molar-refractivity contribution is -0.129. The summed E-state index contributed by atoms with van der Waals surface area (Å²) in [7, 11) is 0. The molecule has 1 atom stereocenters. The molecule has 4 N–H and O–H groups in total.